The largest absolute Gasteiger partial charge is 0.381 e. The van der Waals surface area contributed by atoms with Gasteiger partial charge in [-0.25, -0.2) is 9.67 Å². The van der Waals surface area contributed by atoms with Gasteiger partial charge in [0.2, 0.25) is 11.8 Å². The van der Waals surface area contributed by atoms with Crippen molar-refractivity contribution in [3.05, 3.63) is 46.8 Å². The molecule has 0 spiro atoms. The number of amides is 2. The Kier molecular flexibility index (Phi) is 8.81. The van der Waals surface area contributed by atoms with Gasteiger partial charge in [0.1, 0.15) is 14.3 Å². The van der Waals surface area contributed by atoms with Crippen LogP contribution in [-0.2, 0) is 40.4 Å². The minimum Gasteiger partial charge on any atom is -0.381 e. The van der Waals surface area contributed by atoms with Gasteiger partial charge in [-0.1, -0.05) is 36.1 Å². The van der Waals surface area contributed by atoms with Crippen LogP contribution in [0.15, 0.2) is 24.4 Å². The van der Waals surface area contributed by atoms with Crippen LogP contribution in [0.5, 0.6) is 0 Å². The summed E-state index contributed by atoms with van der Waals surface area (Å²) in [5, 5.41) is 15.0. The molecule has 0 atom stereocenters. The average Bonchev–Trinajstić information content (AvgIpc) is 3.32. The van der Waals surface area contributed by atoms with Crippen molar-refractivity contribution in [1.29, 1.82) is 0 Å². The maximum absolute atomic E-state index is 12.7. The van der Waals surface area contributed by atoms with Crippen LogP contribution >= 0.6 is 0 Å². The van der Waals surface area contributed by atoms with Crippen LogP contribution in [0.4, 0.5) is 5.69 Å². The molecule has 2 aromatic heterocycles. The molecule has 4 rings (SSSR count). The first-order chi connectivity index (χ1) is 17.9. The average molecular weight is 504 g/mol. The van der Waals surface area contributed by atoms with Gasteiger partial charge < -0.3 is 20.7 Å². The molecule has 1 aliphatic heterocycles. The van der Waals surface area contributed by atoms with Gasteiger partial charge in [-0.3, -0.25) is 9.59 Å². The minimum atomic E-state index is -0.319. The van der Waals surface area contributed by atoms with E-state index in [-0.39, 0.29) is 30.8 Å². The van der Waals surface area contributed by atoms with E-state index in [1.54, 1.807) is 0 Å². The lowest BCUT2D eigenvalue weighted by atomic mass is 9.89. The van der Waals surface area contributed by atoms with Gasteiger partial charge in [-0.05, 0) is 38.7 Å². The van der Waals surface area contributed by atoms with E-state index in [0.717, 1.165) is 72.6 Å². The first-order valence-corrected chi connectivity index (χ1v) is 13.2. The van der Waals surface area contributed by atoms with Gasteiger partial charge in [-0.2, -0.15) is 5.10 Å². The number of carbonyl (C=O) groups is 2. The third kappa shape index (κ3) is 6.49. The van der Waals surface area contributed by atoms with E-state index in [1.807, 2.05) is 37.8 Å². The Morgan fingerprint density at radius 3 is 2.54 bits per heavy atom. The van der Waals surface area contributed by atoms with Crippen molar-refractivity contribution in [3.8, 4) is 0 Å². The molecule has 10 heteroatoms. The number of carbonyl (C=O) groups excluding carboxylic acids is 2. The number of anilines is 1. The minimum absolute atomic E-state index is 0.224. The van der Waals surface area contributed by atoms with Crippen LogP contribution in [0.1, 0.15) is 55.5 Å². The zero-order valence-electron chi connectivity index (χ0n) is 22.3. The molecule has 0 unspecified atom stereocenters. The summed E-state index contributed by atoms with van der Waals surface area (Å²) < 4.78 is 7.43. The Hall–Kier alpha value is -3.40. The van der Waals surface area contributed by atoms with Crippen LogP contribution in [-0.4, -0.2) is 53.7 Å². The second-order valence-corrected chi connectivity index (χ2v) is 9.64. The molecule has 9 nitrogen and oxygen atoms in total. The predicted molar refractivity (Wildman–Crippen MR) is 148 cm³/mol. The van der Waals surface area contributed by atoms with Crippen LogP contribution in [0.3, 0.4) is 0 Å². The fourth-order valence-corrected chi connectivity index (χ4v) is 4.67. The van der Waals surface area contributed by atoms with E-state index in [2.05, 4.69) is 41.0 Å². The first-order valence-electron chi connectivity index (χ1n) is 13.2. The molecule has 196 valence electrons. The van der Waals surface area contributed by atoms with Gasteiger partial charge >= 0.3 is 0 Å². The van der Waals surface area contributed by atoms with Crippen LogP contribution < -0.4 is 21.4 Å². The summed E-state index contributed by atoms with van der Waals surface area (Å²) in [6.07, 6.45) is 4.17. The van der Waals surface area contributed by atoms with Crippen molar-refractivity contribution in [2.45, 2.75) is 72.1 Å². The van der Waals surface area contributed by atoms with E-state index >= 15 is 0 Å². The summed E-state index contributed by atoms with van der Waals surface area (Å²) in [6, 6.07) is 6.36. The highest BCUT2D eigenvalue weighted by atomic mass is 16.5. The molecule has 2 amide bonds. The summed E-state index contributed by atoms with van der Waals surface area (Å²) >= 11 is 0. The van der Waals surface area contributed by atoms with Crippen molar-refractivity contribution < 1.29 is 14.3 Å². The highest BCUT2D eigenvalue weighted by Gasteiger charge is 2.22. The molecular formula is C27H37BN6O3. The Labute approximate surface area is 219 Å². The number of pyridine rings is 1. The normalized spacial score (nSPS) is 14.0. The monoisotopic (exact) mass is 504 g/mol. The Morgan fingerprint density at radius 2 is 1.86 bits per heavy atom. The number of nitrogens with one attached hydrogen (secondary N) is 3. The van der Waals surface area contributed by atoms with Crippen molar-refractivity contribution >= 4 is 41.8 Å². The molecule has 0 saturated carbocycles. The summed E-state index contributed by atoms with van der Waals surface area (Å²) in [5.74, 6) is -0.620. The van der Waals surface area contributed by atoms with Crippen LogP contribution in [0, 0.1) is 6.92 Å². The molecule has 3 heterocycles. The highest BCUT2D eigenvalue weighted by molar-refractivity contribution is 6.33. The molecule has 0 bridgehead atoms. The molecule has 3 N–H and O–H groups in total. The Bertz CT molecular complexity index is 1270. The lowest BCUT2D eigenvalue weighted by Gasteiger charge is -2.26. The number of aryl methyl sites for hydroxylation is 3. The number of rotatable bonds is 10. The smallest absolute Gasteiger partial charge is 0.229 e. The maximum Gasteiger partial charge on any atom is 0.229 e. The second-order valence-electron chi connectivity index (χ2n) is 9.64. The maximum atomic E-state index is 12.7. The molecular weight excluding hydrogens is 467 g/mol. The van der Waals surface area contributed by atoms with E-state index in [9.17, 15) is 9.59 Å². The third-order valence-corrected chi connectivity index (χ3v) is 7.02. The van der Waals surface area contributed by atoms with Crippen molar-refractivity contribution in [1.82, 2.24) is 25.4 Å². The van der Waals surface area contributed by atoms with E-state index in [0.29, 0.717) is 6.54 Å². The fourth-order valence-electron chi connectivity index (χ4n) is 4.67. The number of nitrogens with zero attached hydrogens (tertiary/aromatic N) is 3. The zero-order chi connectivity index (χ0) is 26.4. The van der Waals surface area contributed by atoms with Crippen LogP contribution in [0.25, 0.3) is 11.0 Å². The number of ether oxygens (including phenoxy) is 1. The third-order valence-electron chi connectivity index (χ3n) is 7.02. The van der Waals surface area contributed by atoms with Crippen LogP contribution in [0.2, 0.25) is 0 Å². The van der Waals surface area contributed by atoms with E-state index < -0.39 is 0 Å². The molecule has 1 aliphatic rings. The fraction of sp³-hybridized carbons (Fsp3) is 0.481. The van der Waals surface area contributed by atoms with Gasteiger partial charge in [-0.15, -0.1) is 0 Å². The van der Waals surface area contributed by atoms with Crippen molar-refractivity contribution in [3.63, 3.8) is 0 Å². The predicted octanol–water partition coefficient (Wildman–Crippen LogP) is 1.49. The molecule has 3 aromatic rings. The number of aromatic nitrogens is 3. The molecule has 1 saturated heterocycles. The number of fused-ring (bicyclic) bond motifs is 1. The van der Waals surface area contributed by atoms with Gasteiger partial charge in [0.15, 0.2) is 5.65 Å². The summed E-state index contributed by atoms with van der Waals surface area (Å²) in [6.45, 7) is 9.03. The Morgan fingerprint density at radius 1 is 1.14 bits per heavy atom. The van der Waals surface area contributed by atoms with Crippen molar-refractivity contribution in [2.75, 3.05) is 18.5 Å². The first kappa shape index (κ1) is 26.7. The quantitative estimate of drug-likeness (QED) is 0.285. The number of benzene rings is 1. The highest BCUT2D eigenvalue weighted by Crippen LogP contribution is 2.31. The summed E-state index contributed by atoms with van der Waals surface area (Å²) in [4.78, 5) is 30.0. The molecule has 37 heavy (non-hydrogen) atoms. The second kappa shape index (κ2) is 12.2. The molecule has 1 fully saturated rings. The van der Waals surface area contributed by atoms with E-state index in [1.165, 1.54) is 11.0 Å². The molecule has 1 aromatic carbocycles. The standard InChI is InChI=1S/C27H37BN6O3/c1-4-23-20(15-30-25(36)13-24(35)29-14-18-7-6-17(3)22(28)12-18)26(32-19-8-10-37-11-9-19)21-16-31-34(5-2)27(21)33-23/h6-7,12,16,19H,4-5,8-11,13-15,28H2,1-3H3,(H,29,35)(H,30,36)(H,32,33). The zero-order valence-corrected chi connectivity index (χ0v) is 22.3. The van der Waals surface area contributed by atoms with Gasteiger partial charge in [0, 0.05) is 50.1 Å². The van der Waals surface area contributed by atoms with E-state index in [4.69, 9.17) is 9.72 Å². The van der Waals surface area contributed by atoms with Gasteiger partial charge in [0.25, 0.3) is 0 Å². The molecule has 0 aliphatic carbocycles. The number of hydrogen-bond donors (Lipinski definition) is 3. The Balaban J connectivity index is 1.45. The lowest BCUT2D eigenvalue weighted by Crippen LogP contribution is -2.32. The van der Waals surface area contributed by atoms with Gasteiger partial charge in [0.05, 0.1) is 17.3 Å². The van der Waals surface area contributed by atoms with Crippen molar-refractivity contribution in [2.24, 2.45) is 0 Å². The SMILES string of the molecule is Bc1cc(CNC(=O)CC(=O)NCc2c(CC)nc3c(cnn3CC)c2NC2CCOCC2)ccc1C. The lowest BCUT2D eigenvalue weighted by molar-refractivity contribution is -0.129. The summed E-state index contributed by atoms with van der Waals surface area (Å²) in [5.41, 5.74) is 7.07. The number of hydrogen-bond acceptors (Lipinski definition) is 6. The summed E-state index contributed by atoms with van der Waals surface area (Å²) in [7, 11) is 2.04. The molecule has 0 radical (unpaired) electrons. The topological polar surface area (TPSA) is 110 Å².